The number of thiazole rings is 1. The Labute approximate surface area is 170 Å². The first-order valence-electron chi connectivity index (χ1n) is 9.28. The summed E-state index contributed by atoms with van der Waals surface area (Å²) < 4.78 is 1.90. The van der Waals surface area contributed by atoms with E-state index in [1.807, 2.05) is 10.7 Å². The molecule has 1 aromatic carbocycles. The van der Waals surface area contributed by atoms with Crippen molar-refractivity contribution in [2.75, 3.05) is 0 Å². The molecule has 1 fully saturated rings. The first-order valence-corrected chi connectivity index (χ1v) is 11.0. The van der Waals surface area contributed by atoms with Crippen molar-refractivity contribution in [3.05, 3.63) is 67.6 Å². The highest BCUT2D eigenvalue weighted by Crippen LogP contribution is 2.26. The van der Waals surface area contributed by atoms with Crippen molar-refractivity contribution in [3.8, 4) is 10.6 Å². The molecule has 0 amide bonds. The van der Waals surface area contributed by atoms with E-state index in [0.717, 1.165) is 33.8 Å². The molecule has 0 bridgehead atoms. The van der Waals surface area contributed by atoms with E-state index in [1.165, 1.54) is 31.4 Å². The summed E-state index contributed by atoms with van der Waals surface area (Å²) in [7, 11) is 0. The van der Waals surface area contributed by atoms with Crippen LogP contribution in [0.1, 0.15) is 37.7 Å². The minimum Gasteiger partial charge on any atom is -0.258 e. The molecule has 1 aliphatic carbocycles. The standard InChI is InChI=1S/C20H20N4O2S2/c25-24(26)17-10-8-15(9-11-17)13-21-23-18(19-7-4-12-27-19)14-28-20(23)22-16-5-2-1-3-6-16/h4,7-14,16H,1-3,5-6H2. The molecule has 28 heavy (non-hydrogen) atoms. The summed E-state index contributed by atoms with van der Waals surface area (Å²) in [6.07, 6.45) is 7.78. The number of non-ortho nitro benzene ring substituents is 1. The van der Waals surface area contributed by atoms with Crippen LogP contribution in [0, 0.1) is 10.1 Å². The summed E-state index contributed by atoms with van der Waals surface area (Å²) in [5.41, 5.74) is 1.91. The number of nitro benzene ring substituents is 1. The lowest BCUT2D eigenvalue weighted by molar-refractivity contribution is -0.384. The minimum atomic E-state index is -0.398. The molecule has 0 saturated heterocycles. The van der Waals surface area contributed by atoms with Gasteiger partial charge in [0.05, 0.1) is 27.8 Å². The number of nitro groups is 1. The Balaban J connectivity index is 1.69. The highest BCUT2D eigenvalue weighted by atomic mass is 32.1. The predicted octanol–water partition coefficient (Wildman–Crippen LogP) is 5.30. The summed E-state index contributed by atoms with van der Waals surface area (Å²) in [6.45, 7) is 0. The van der Waals surface area contributed by atoms with Gasteiger partial charge in [-0.2, -0.15) is 5.10 Å². The third kappa shape index (κ3) is 4.28. The van der Waals surface area contributed by atoms with Crippen LogP contribution in [0.15, 0.2) is 57.3 Å². The topological polar surface area (TPSA) is 72.8 Å². The van der Waals surface area contributed by atoms with Gasteiger partial charge in [0, 0.05) is 17.5 Å². The molecule has 144 valence electrons. The Morgan fingerprint density at radius 1 is 1.11 bits per heavy atom. The van der Waals surface area contributed by atoms with E-state index in [-0.39, 0.29) is 5.69 Å². The third-order valence-corrected chi connectivity index (χ3v) is 6.48. The van der Waals surface area contributed by atoms with Gasteiger partial charge >= 0.3 is 0 Å². The average Bonchev–Trinajstić information content (AvgIpc) is 3.37. The molecule has 2 heterocycles. The largest absolute Gasteiger partial charge is 0.269 e. The molecule has 1 aliphatic rings. The second-order valence-electron chi connectivity index (χ2n) is 6.71. The molecule has 0 unspecified atom stereocenters. The van der Waals surface area contributed by atoms with Crippen LogP contribution in [0.4, 0.5) is 5.69 Å². The number of hydrogen-bond donors (Lipinski definition) is 0. The van der Waals surface area contributed by atoms with Gasteiger partial charge < -0.3 is 0 Å². The van der Waals surface area contributed by atoms with Gasteiger partial charge in [-0.1, -0.05) is 25.3 Å². The van der Waals surface area contributed by atoms with Crippen molar-refractivity contribution in [3.63, 3.8) is 0 Å². The number of rotatable bonds is 5. The minimum absolute atomic E-state index is 0.0765. The molecule has 6 nitrogen and oxygen atoms in total. The number of nitrogens with zero attached hydrogens (tertiary/aromatic N) is 4. The highest BCUT2D eigenvalue weighted by molar-refractivity contribution is 7.14. The quantitative estimate of drug-likeness (QED) is 0.324. The van der Waals surface area contributed by atoms with E-state index in [2.05, 4.69) is 21.9 Å². The van der Waals surface area contributed by atoms with Gasteiger partial charge in [-0.05, 0) is 42.0 Å². The van der Waals surface area contributed by atoms with Crippen molar-refractivity contribution in [1.82, 2.24) is 4.68 Å². The first-order chi connectivity index (χ1) is 13.7. The highest BCUT2D eigenvalue weighted by Gasteiger charge is 2.14. The second-order valence-corrected chi connectivity index (χ2v) is 8.49. The fourth-order valence-corrected chi connectivity index (χ4v) is 4.97. The zero-order valence-corrected chi connectivity index (χ0v) is 16.9. The van der Waals surface area contributed by atoms with E-state index in [4.69, 9.17) is 4.99 Å². The maximum Gasteiger partial charge on any atom is 0.269 e. The molecule has 0 spiro atoms. The molecule has 0 aliphatic heterocycles. The lowest BCUT2D eigenvalue weighted by Crippen LogP contribution is -2.18. The van der Waals surface area contributed by atoms with Crippen molar-refractivity contribution < 1.29 is 4.92 Å². The van der Waals surface area contributed by atoms with Crippen molar-refractivity contribution in [2.24, 2.45) is 10.1 Å². The lowest BCUT2D eigenvalue weighted by atomic mass is 9.96. The van der Waals surface area contributed by atoms with Gasteiger partial charge in [-0.15, -0.1) is 22.7 Å². The molecule has 1 saturated carbocycles. The molecule has 0 atom stereocenters. The Morgan fingerprint density at radius 3 is 2.57 bits per heavy atom. The molecule has 3 aromatic rings. The van der Waals surface area contributed by atoms with Crippen LogP contribution in [-0.2, 0) is 0 Å². The zero-order chi connectivity index (χ0) is 19.3. The summed E-state index contributed by atoms with van der Waals surface area (Å²) >= 11 is 3.28. The van der Waals surface area contributed by atoms with Crippen LogP contribution in [0.25, 0.3) is 10.6 Å². The maximum atomic E-state index is 10.8. The van der Waals surface area contributed by atoms with Crippen molar-refractivity contribution >= 4 is 34.6 Å². The summed E-state index contributed by atoms with van der Waals surface area (Å²) in [4.78, 5) is 17.4. The van der Waals surface area contributed by atoms with Crippen LogP contribution < -0.4 is 4.80 Å². The van der Waals surface area contributed by atoms with Crippen LogP contribution in [0.5, 0.6) is 0 Å². The number of benzene rings is 1. The van der Waals surface area contributed by atoms with Crippen molar-refractivity contribution in [2.45, 2.75) is 38.1 Å². The normalized spacial score (nSPS) is 16.1. The Kier molecular flexibility index (Phi) is 5.78. The SMILES string of the molecule is O=[N+]([O-])c1ccc(C=Nn2c(-c3cccs3)csc2=NC2CCCCC2)cc1. The van der Waals surface area contributed by atoms with Crippen LogP contribution >= 0.6 is 22.7 Å². The first kappa shape index (κ1) is 18.8. The van der Waals surface area contributed by atoms with Crippen molar-refractivity contribution in [1.29, 1.82) is 0 Å². The lowest BCUT2D eigenvalue weighted by Gasteiger charge is -2.16. The Hall–Kier alpha value is -2.58. The fourth-order valence-electron chi connectivity index (χ4n) is 3.27. The van der Waals surface area contributed by atoms with Gasteiger partial charge in [0.1, 0.15) is 0 Å². The van der Waals surface area contributed by atoms with Crippen LogP contribution in [0.2, 0.25) is 0 Å². The smallest absolute Gasteiger partial charge is 0.258 e. The van der Waals surface area contributed by atoms with Crippen LogP contribution in [-0.4, -0.2) is 21.9 Å². The van der Waals surface area contributed by atoms with Gasteiger partial charge in [0.25, 0.3) is 5.69 Å². The van der Waals surface area contributed by atoms with Gasteiger partial charge in [0.15, 0.2) is 0 Å². The summed E-state index contributed by atoms with van der Waals surface area (Å²) in [6, 6.07) is 10.9. The Morgan fingerprint density at radius 2 is 1.89 bits per heavy atom. The van der Waals surface area contributed by atoms with E-state index < -0.39 is 4.92 Å². The number of hydrogen-bond acceptors (Lipinski definition) is 6. The molecule has 2 aromatic heterocycles. The van der Waals surface area contributed by atoms with Crippen LogP contribution in [0.3, 0.4) is 0 Å². The second kappa shape index (κ2) is 8.62. The summed E-state index contributed by atoms with van der Waals surface area (Å²) in [5.74, 6) is 0. The van der Waals surface area contributed by atoms with Gasteiger partial charge in [-0.3, -0.25) is 15.1 Å². The molecule has 0 radical (unpaired) electrons. The molecule has 0 N–H and O–H groups in total. The third-order valence-electron chi connectivity index (χ3n) is 4.75. The average molecular weight is 413 g/mol. The van der Waals surface area contributed by atoms with E-state index in [0.29, 0.717) is 6.04 Å². The maximum absolute atomic E-state index is 10.8. The molecular weight excluding hydrogens is 392 g/mol. The number of thiophene rings is 1. The zero-order valence-electron chi connectivity index (χ0n) is 15.2. The van der Waals surface area contributed by atoms with Gasteiger partial charge in [0.2, 0.25) is 4.80 Å². The summed E-state index contributed by atoms with van der Waals surface area (Å²) in [5, 5.41) is 19.7. The molecule has 4 rings (SSSR count). The fraction of sp³-hybridized carbons (Fsp3) is 0.300. The Bertz CT molecular complexity index is 1030. The van der Waals surface area contributed by atoms with E-state index >= 15 is 0 Å². The van der Waals surface area contributed by atoms with Gasteiger partial charge in [-0.25, -0.2) is 4.68 Å². The molecule has 8 heteroatoms. The molecular formula is C20H20N4O2S2. The van der Waals surface area contributed by atoms with E-state index in [9.17, 15) is 10.1 Å². The number of aromatic nitrogens is 1. The monoisotopic (exact) mass is 412 g/mol. The predicted molar refractivity (Wildman–Crippen MR) is 114 cm³/mol. The van der Waals surface area contributed by atoms with E-state index in [1.54, 1.807) is 41.0 Å².